The van der Waals surface area contributed by atoms with Gasteiger partial charge < -0.3 is 15.0 Å². The van der Waals surface area contributed by atoms with Crippen LogP contribution >= 0.6 is 0 Å². The summed E-state index contributed by atoms with van der Waals surface area (Å²) in [5, 5.41) is 2.40. The van der Waals surface area contributed by atoms with Crippen molar-refractivity contribution in [3.8, 4) is 0 Å². The first-order chi connectivity index (χ1) is 14.1. The fourth-order valence-corrected chi connectivity index (χ4v) is 3.07. The van der Waals surface area contributed by atoms with Crippen molar-refractivity contribution < 1.29 is 40.7 Å². The van der Waals surface area contributed by atoms with E-state index >= 15 is 0 Å². The molecule has 5 nitrogen and oxygen atoms in total. The number of nitrogens with one attached hydrogen (secondary N) is 1. The van der Waals surface area contributed by atoms with Crippen molar-refractivity contribution in [3.63, 3.8) is 0 Å². The van der Waals surface area contributed by atoms with E-state index in [9.17, 15) is 35.9 Å². The summed E-state index contributed by atoms with van der Waals surface area (Å²) < 4.78 is 82.9. The highest BCUT2D eigenvalue weighted by Crippen LogP contribution is 2.36. The second-order valence-corrected chi connectivity index (χ2v) is 8.42. The summed E-state index contributed by atoms with van der Waals surface area (Å²) in [6, 6.07) is 0.772. The summed E-state index contributed by atoms with van der Waals surface area (Å²) in [7, 11) is 0. The molecule has 0 aromatic heterocycles. The van der Waals surface area contributed by atoms with Crippen LogP contribution in [0.15, 0.2) is 18.2 Å². The van der Waals surface area contributed by atoms with Crippen LogP contribution in [0.2, 0.25) is 0 Å². The number of rotatable bonds is 3. The van der Waals surface area contributed by atoms with E-state index in [0.717, 1.165) is 0 Å². The van der Waals surface area contributed by atoms with E-state index in [1.807, 2.05) is 0 Å². The molecular formula is C20H24F6N2O3. The quantitative estimate of drug-likeness (QED) is 0.647. The second kappa shape index (κ2) is 8.96. The molecule has 1 fully saturated rings. The number of ether oxygens (including phenoxy) is 1. The lowest BCUT2D eigenvalue weighted by Crippen LogP contribution is -2.43. The molecule has 1 aliphatic rings. The smallest absolute Gasteiger partial charge is 0.416 e. The van der Waals surface area contributed by atoms with Crippen LogP contribution < -0.4 is 5.32 Å². The van der Waals surface area contributed by atoms with Gasteiger partial charge in [0.05, 0.1) is 11.1 Å². The van der Waals surface area contributed by atoms with Crippen LogP contribution in [-0.4, -0.2) is 42.1 Å². The Morgan fingerprint density at radius 3 is 1.87 bits per heavy atom. The Balaban J connectivity index is 1.98. The Morgan fingerprint density at radius 2 is 1.45 bits per heavy atom. The van der Waals surface area contributed by atoms with Crippen LogP contribution in [0, 0.1) is 5.92 Å². The minimum Gasteiger partial charge on any atom is -0.444 e. The van der Waals surface area contributed by atoms with E-state index in [1.165, 1.54) is 4.90 Å². The predicted octanol–water partition coefficient (Wildman–Crippen LogP) is 5.10. The first-order valence-electron chi connectivity index (χ1n) is 9.62. The number of carbonyl (C=O) groups excluding carboxylic acids is 2. The average Bonchev–Trinajstić information content (AvgIpc) is 2.63. The molecule has 11 heteroatoms. The molecule has 174 valence electrons. The van der Waals surface area contributed by atoms with Crippen LogP contribution in [0.5, 0.6) is 0 Å². The number of hydrogen-bond acceptors (Lipinski definition) is 3. The third kappa shape index (κ3) is 7.32. The summed E-state index contributed by atoms with van der Waals surface area (Å²) in [6.45, 7) is 6.04. The first kappa shape index (κ1) is 24.8. The highest BCUT2D eigenvalue weighted by atomic mass is 19.4. The molecule has 2 rings (SSSR count). The van der Waals surface area contributed by atoms with E-state index < -0.39 is 46.6 Å². The maximum absolute atomic E-state index is 12.9. The van der Waals surface area contributed by atoms with Crippen molar-refractivity contribution in [1.29, 1.82) is 0 Å². The maximum Gasteiger partial charge on any atom is 0.416 e. The molecule has 0 saturated carbocycles. The van der Waals surface area contributed by atoms with Crippen LogP contribution in [0.1, 0.15) is 55.1 Å². The minimum atomic E-state index is -5.02. The largest absolute Gasteiger partial charge is 0.444 e. The molecule has 1 N–H and O–H groups in total. The van der Waals surface area contributed by atoms with Gasteiger partial charge >= 0.3 is 18.4 Å². The monoisotopic (exact) mass is 454 g/mol. The van der Waals surface area contributed by atoms with Gasteiger partial charge in [0.25, 0.3) is 5.91 Å². The number of hydrogen-bond donors (Lipinski definition) is 1. The summed E-state index contributed by atoms with van der Waals surface area (Å²) >= 11 is 0. The number of amides is 2. The molecule has 1 aromatic rings. The third-order valence-electron chi connectivity index (χ3n) is 4.67. The van der Waals surface area contributed by atoms with E-state index in [1.54, 1.807) is 20.8 Å². The first-order valence-corrected chi connectivity index (χ1v) is 9.62. The molecule has 0 bridgehead atoms. The minimum absolute atomic E-state index is 0.0246. The number of nitrogens with zero attached hydrogens (tertiary/aromatic N) is 1. The van der Waals surface area contributed by atoms with Crippen molar-refractivity contribution in [2.45, 2.75) is 51.6 Å². The van der Waals surface area contributed by atoms with Crippen molar-refractivity contribution in [2.24, 2.45) is 5.92 Å². The summed E-state index contributed by atoms with van der Waals surface area (Å²) in [5.74, 6) is -1.10. The number of alkyl halides is 6. The van der Waals surface area contributed by atoms with Crippen LogP contribution in [0.3, 0.4) is 0 Å². The molecule has 1 aliphatic heterocycles. The SMILES string of the molecule is CC(C)(C)OC(=O)N1CCC(CNC(=O)c2cc(C(F)(F)F)cc(C(F)(F)F)c2)CC1. The highest BCUT2D eigenvalue weighted by Gasteiger charge is 2.37. The summed E-state index contributed by atoms with van der Waals surface area (Å²) in [6.07, 6.45) is -9.49. The number of halogens is 6. The molecule has 0 atom stereocenters. The molecular weight excluding hydrogens is 430 g/mol. The molecule has 0 spiro atoms. The van der Waals surface area contributed by atoms with Gasteiger partial charge in [-0.2, -0.15) is 26.3 Å². The summed E-state index contributed by atoms with van der Waals surface area (Å²) in [5.41, 5.74) is -4.44. The van der Waals surface area contributed by atoms with Crippen LogP contribution in [-0.2, 0) is 17.1 Å². The standard InChI is InChI=1S/C20H24F6N2O3/c1-18(2,3)31-17(30)28-6-4-12(5-7-28)11-27-16(29)13-8-14(19(21,22)23)10-15(9-13)20(24,25)26/h8-10,12H,4-7,11H2,1-3H3,(H,27,29). The van der Waals surface area contributed by atoms with Crippen LogP contribution in [0.25, 0.3) is 0 Å². The third-order valence-corrected chi connectivity index (χ3v) is 4.67. The zero-order valence-electron chi connectivity index (χ0n) is 17.3. The second-order valence-electron chi connectivity index (χ2n) is 8.42. The van der Waals surface area contributed by atoms with Crippen LogP contribution in [0.4, 0.5) is 31.1 Å². The van der Waals surface area contributed by atoms with Gasteiger partial charge in [-0.3, -0.25) is 4.79 Å². The summed E-state index contributed by atoms with van der Waals surface area (Å²) in [4.78, 5) is 25.8. The van der Waals surface area contributed by atoms with E-state index in [2.05, 4.69) is 5.32 Å². The van der Waals surface area contributed by atoms with Crippen molar-refractivity contribution in [1.82, 2.24) is 10.2 Å². The zero-order valence-corrected chi connectivity index (χ0v) is 17.3. The normalized spacial score (nSPS) is 16.2. The van der Waals surface area contributed by atoms with E-state index in [4.69, 9.17) is 4.74 Å². The Hall–Kier alpha value is -2.46. The average molecular weight is 454 g/mol. The van der Waals surface area contributed by atoms with Crippen molar-refractivity contribution in [3.05, 3.63) is 34.9 Å². The van der Waals surface area contributed by atoms with Crippen molar-refractivity contribution in [2.75, 3.05) is 19.6 Å². The number of likely N-dealkylation sites (tertiary alicyclic amines) is 1. The lowest BCUT2D eigenvalue weighted by Gasteiger charge is -2.33. The molecule has 0 aliphatic carbocycles. The topological polar surface area (TPSA) is 58.6 Å². The Morgan fingerprint density at radius 1 is 0.968 bits per heavy atom. The Kier molecular flexibility index (Phi) is 7.17. The van der Waals surface area contributed by atoms with Gasteiger partial charge in [-0.25, -0.2) is 4.79 Å². The Labute approximate surface area is 175 Å². The number of piperidine rings is 1. The van der Waals surface area contributed by atoms with E-state index in [-0.39, 0.29) is 18.5 Å². The molecule has 1 heterocycles. The fourth-order valence-electron chi connectivity index (χ4n) is 3.07. The molecule has 1 aromatic carbocycles. The fraction of sp³-hybridized carbons (Fsp3) is 0.600. The van der Waals surface area contributed by atoms with Gasteiger partial charge in [0.1, 0.15) is 5.60 Å². The van der Waals surface area contributed by atoms with Crippen molar-refractivity contribution >= 4 is 12.0 Å². The molecule has 0 radical (unpaired) electrons. The molecule has 1 saturated heterocycles. The lowest BCUT2D eigenvalue weighted by atomic mass is 9.96. The number of benzene rings is 1. The van der Waals surface area contributed by atoms with E-state index in [0.29, 0.717) is 38.1 Å². The molecule has 31 heavy (non-hydrogen) atoms. The van der Waals surface area contributed by atoms with Gasteiger partial charge in [-0.05, 0) is 57.7 Å². The van der Waals surface area contributed by atoms with Gasteiger partial charge in [0, 0.05) is 25.2 Å². The van der Waals surface area contributed by atoms with Gasteiger partial charge in [-0.15, -0.1) is 0 Å². The number of carbonyl (C=O) groups is 2. The molecule has 2 amide bonds. The van der Waals surface area contributed by atoms with Gasteiger partial charge in [0.15, 0.2) is 0 Å². The maximum atomic E-state index is 12.9. The predicted molar refractivity (Wildman–Crippen MR) is 99.3 cm³/mol. The van der Waals surface area contributed by atoms with Gasteiger partial charge in [-0.1, -0.05) is 0 Å². The highest BCUT2D eigenvalue weighted by molar-refractivity contribution is 5.94. The lowest BCUT2D eigenvalue weighted by molar-refractivity contribution is -0.143. The van der Waals surface area contributed by atoms with Gasteiger partial charge in [0.2, 0.25) is 0 Å². The molecule has 0 unspecified atom stereocenters. The zero-order chi connectivity index (χ0) is 23.6. The Bertz CT molecular complexity index is 774.